The molecule has 0 aliphatic heterocycles. The molecule has 0 bridgehead atoms. The topological polar surface area (TPSA) is 41.1 Å². The van der Waals surface area contributed by atoms with Crippen molar-refractivity contribution in [1.82, 2.24) is 5.32 Å². The summed E-state index contributed by atoms with van der Waals surface area (Å²) in [5.41, 5.74) is -0.354. The Morgan fingerprint density at radius 1 is 1.06 bits per heavy atom. The summed E-state index contributed by atoms with van der Waals surface area (Å²) in [5, 5.41) is 5.70. The van der Waals surface area contributed by atoms with E-state index < -0.39 is 34.6 Å². The molecule has 3 nitrogen and oxygen atoms in total. The van der Waals surface area contributed by atoms with Crippen LogP contribution in [0, 0.1) is 11.8 Å². The van der Waals surface area contributed by atoms with Gasteiger partial charge in [-0.2, -0.15) is 26.3 Å². The molecular weight excluding hydrogens is 458 g/mol. The van der Waals surface area contributed by atoms with Crippen LogP contribution < -0.4 is 10.6 Å². The normalized spacial score (nSPS) is 28.4. The van der Waals surface area contributed by atoms with Gasteiger partial charge in [-0.25, -0.2) is 0 Å². The lowest BCUT2D eigenvalue weighted by Gasteiger charge is -2.35. The van der Waals surface area contributed by atoms with E-state index in [1.165, 1.54) is 18.2 Å². The third-order valence-corrected chi connectivity index (χ3v) is 6.48. The van der Waals surface area contributed by atoms with Crippen molar-refractivity contribution in [2.45, 2.75) is 49.0 Å². The SMILES string of the molecule is O=C(NC1CCC(CNc2cccc(C(F)(F)F)c2)CC1)C1C=CC=CC1(Cl)C(F)(F)F. The molecule has 3 rings (SSSR count). The summed E-state index contributed by atoms with van der Waals surface area (Å²) < 4.78 is 78.7. The molecule has 10 heteroatoms. The summed E-state index contributed by atoms with van der Waals surface area (Å²) in [6.45, 7) is 0.469. The van der Waals surface area contributed by atoms with E-state index in [1.807, 2.05) is 0 Å². The maximum Gasteiger partial charge on any atom is 0.416 e. The van der Waals surface area contributed by atoms with E-state index in [-0.39, 0.29) is 12.0 Å². The first-order chi connectivity index (χ1) is 14.9. The fourth-order valence-corrected chi connectivity index (χ4v) is 4.28. The van der Waals surface area contributed by atoms with Crippen molar-refractivity contribution < 1.29 is 31.1 Å². The molecule has 0 radical (unpaired) electrons. The van der Waals surface area contributed by atoms with Gasteiger partial charge in [-0.05, 0) is 49.8 Å². The molecule has 32 heavy (non-hydrogen) atoms. The molecule has 2 atom stereocenters. The largest absolute Gasteiger partial charge is 0.416 e. The highest BCUT2D eigenvalue weighted by Gasteiger charge is 2.59. The molecule has 2 unspecified atom stereocenters. The van der Waals surface area contributed by atoms with E-state index in [4.69, 9.17) is 11.6 Å². The molecule has 1 aromatic rings. The van der Waals surface area contributed by atoms with Gasteiger partial charge in [-0.1, -0.05) is 30.4 Å². The number of alkyl halides is 7. The fraction of sp³-hybridized carbons (Fsp3) is 0.500. The lowest BCUT2D eigenvalue weighted by atomic mass is 9.83. The number of nitrogens with one attached hydrogen (secondary N) is 2. The Balaban J connectivity index is 1.49. The molecule has 1 aromatic carbocycles. The maximum absolute atomic E-state index is 13.4. The van der Waals surface area contributed by atoms with Gasteiger partial charge >= 0.3 is 12.4 Å². The Morgan fingerprint density at radius 2 is 1.75 bits per heavy atom. The van der Waals surface area contributed by atoms with Crippen LogP contribution in [0.2, 0.25) is 0 Å². The summed E-state index contributed by atoms with van der Waals surface area (Å²) in [6.07, 6.45) is -2.22. The first-order valence-electron chi connectivity index (χ1n) is 10.2. The quantitative estimate of drug-likeness (QED) is 0.396. The molecule has 0 aromatic heterocycles. The molecule has 2 aliphatic rings. The second-order valence-electron chi connectivity index (χ2n) is 8.17. The van der Waals surface area contributed by atoms with Gasteiger partial charge in [0.15, 0.2) is 4.87 Å². The van der Waals surface area contributed by atoms with Crippen molar-refractivity contribution in [3.63, 3.8) is 0 Å². The highest BCUT2D eigenvalue weighted by molar-refractivity contribution is 6.28. The molecule has 1 fully saturated rings. The minimum Gasteiger partial charge on any atom is -0.385 e. The van der Waals surface area contributed by atoms with Crippen LogP contribution in [0.15, 0.2) is 48.6 Å². The van der Waals surface area contributed by atoms with Crippen LogP contribution in [0.1, 0.15) is 31.2 Å². The van der Waals surface area contributed by atoms with E-state index in [0.717, 1.165) is 24.3 Å². The number of hydrogen-bond donors (Lipinski definition) is 2. The summed E-state index contributed by atoms with van der Waals surface area (Å²) in [5.74, 6) is -2.16. The first kappa shape index (κ1) is 24.5. The molecule has 0 spiro atoms. The Morgan fingerprint density at radius 3 is 2.38 bits per heavy atom. The Hall–Kier alpha value is -2.16. The maximum atomic E-state index is 13.4. The van der Waals surface area contributed by atoms with E-state index >= 15 is 0 Å². The molecule has 1 amide bonds. The standard InChI is InChI=1S/C22H23ClF6N2O/c23-20(22(27,28)29)11-2-1-6-18(20)19(32)31-16-9-7-14(8-10-16)13-30-17-5-3-4-15(12-17)21(24,25)26/h1-6,11-12,14,16,18,30H,7-10,13H2,(H,31,32). The number of amides is 1. The van der Waals surface area contributed by atoms with E-state index in [1.54, 1.807) is 6.07 Å². The molecule has 2 N–H and O–H groups in total. The van der Waals surface area contributed by atoms with Crippen LogP contribution in [0.4, 0.5) is 32.0 Å². The number of carbonyl (C=O) groups excluding carboxylic acids is 1. The van der Waals surface area contributed by atoms with Gasteiger partial charge in [0, 0.05) is 18.3 Å². The number of benzene rings is 1. The second-order valence-corrected chi connectivity index (χ2v) is 8.80. The van der Waals surface area contributed by atoms with Crippen molar-refractivity contribution >= 4 is 23.2 Å². The highest BCUT2D eigenvalue weighted by atomic mass is 35.5. The zero-order valence-corrected chi connectivity index (χ0v) is 17.7. The summed E-state index contributed by atoms with van der Waals surface area (Å²) in [4.78, 5) is 9.77. The van der Waals surface area contributed by atoms with Crippen LogP contribution >= 0.6 is 11.6 Å². The van der Waals surface area contributed by atoms with E-state index in [2.05, 4.69) is 10.6 Å². The summed E-state index contributed by atoms with van der Waals surface area (Å²) >= 11 is 5.79. The average Bonchev–Trinajstić information content (AvgIpc) is 2.72. The first-order valence-corrected chi connectivity index (χ1v) is 10.6. The van der Waals surface area contributed by atoms with Gasteiger partial charge in [0.05, 0.1) is 11.5 Å². The fourth-order valence-electron chi connectivity index (χ4n) is 4.03. The van der Waals surface area contributed by atoms with Crippen molar-refractivity contribution in [3.8, 4) is 0 Å². The number of rotatable bonds is 5. The Bertz CT molecular complexity index is 874. The van der Waals surface area contributed by atoms with Crippen LogP contribution in [0.5, 0.6) is 0 Å². The lowest BCUT2D eigenvalue weighted by molar-refractivity contribution is -0.164. The predicted octanol–water partition coefficient (Wildman–Crippen LogP) is 6.07. The van der Waals surface area contributed by atoms with Gasteiger partial charge in [-0.3, -0.25) is 4.79 Å². The van der Waals surface area contributed by atoms with Crippen LogP contribution in [-0.2, 0) is 11.0 Å². The zero-order chi connectivity index (χ0) is 23.6. The average molecular weight is 481 g/mol. The van der Waals surface area contributed by atoms with Crippen molar-refractivity contribution in [2.24, 2.45) is 11.8 Å². The third kappa shape index (κ3) is 5.60. The minimum atomic E-state index is -4.79. The summed E-state index contributed by atoms with van der Waals surface area (Å²) in [6, 6.07) is 4.68. The Labute approximate surface area is 186 Å². The van der Waals surface area contributed by atoms with Crippen LogP contribution in [0.25, 0.3) is 0 Å². The Kier molecular flexibility index (Phi) is 7.17. The molecular formula is C22H23ClF6N2O. The molecule has 1 saturated carbocycles. The van der Waals surface area contributed by atoms with E-state index in [0.29, 0.717) is 37.9 Å². The third-order valence-electron chi connectivity index (χ3n) is 5.90. The molecule has 0 heterocycles. The van der Waals surface area contributed by atoms with E-state index in [9.17, 15) is 31.1 Å². The molecule has 176 valence electrons. The van der Waals surface area contributed by atoms with Gasteiger partial charge < -0.3 is 10.6 Å². The number of allylic oxidation sites excluding steroid dienone is 3. The van der Waals surface area contributed by atoms with Gasteiger partial charge in [0.2, 0.25) is 5.91 Å². The number of carbonyl (C=O) groups is 1. The highest BCUT2D eigenvalue weighted by Crippen LogP contribution is 2.45. The van der Waals surface area contributed by atoms with Crippen molar-refractivity contribution in [1.29, 1.82) is 0 Å². The van der Waals surface area contributed by atoms with Gasteiger partial charge in [0.1, 0.15) is 0 Å². The zero-order valence-electron chi connectivity index (χ0n) is 16.9. The van der Waals surface area contributed by atoms with Crippen molar-refractivity contribution in [2.75, 3.05) is 11.9 Å². The number of hydrogen-bond acceptors (Lipinski definition) is 2. The van der Waals surface area contributed by atoms with Crippen LogP contribution in [0.3, 0.4) is 0 Å². The minimum absolute atomic E-state index is 0.178. The monoisotopic (exact) mass is 480 g/mol. The molecule has 2 aliphatic carbocycles. The van der Waals surface area contributed by atoms with Gasteiger partial charge in [-0.15, -0.1) is 11.6 Å². The second kappa shape index (κ2) is 9.37. The number of halogens is 7. The predicted molar refractivity (Wildman–Crippen MR) is 110 cm³/mol. The van der Waals surface area contributed by atoms with Crippen LogP contribution in [-0.4, -0.2) is 29.5 Å². The smallest absolute Gasteiger partial charge is 0.385 e. The summed E-state index contributed by atoms with van der Waals surface area (Å²) in [7, 11) is 0. The van der Waals surface area contributed by atoms with Gasteiger partial charge in [0.25, 0.3) is 0 Å². The molecule has 0 saturated heterocycles. The van der Waals surface area contributed by atoms with Crippen molar-refractivity contribution in [3.05, 3.63) is 54.1 Å². The lowest BCUT2D eigenvalue weighted by Crippen LogP contribution is -2.53. The number of anilines is 1.